The Hall–Kier alpha value is -4.08. The van der Waals surface area contributed by atoms with E-state index < -0.39 is 17.8 Å². The van der Waals surface area contributed by atoms with E-state index in [1.165, 1.54) is 11.8 Å². The third-order valence-electron chi connectivity index (χ3n) is 8.14. The molecule has 3 aliphatic rings. The van der Waals surface area contributed by atoms with Gasteiger partial charge in [-0.3, -0.25) is 14.5 Å². The molecule has 218 valence electrons. The Morgan fingerprint density at radius 1 is 0.927 bits per heavy atom. The molecule has 10 heteroatoms. The largest absolute Gasteiger partial charge is 0.465 e. The van der Waals surface area contributed by atoms with Crippen LogP contribution in [0.5, 0.6) is 0 Å². The van der Waals surface area contributed by atoms with Crippen molar-refractivity contribution in [2.75, 3.05) is 16.3 Å². The first-order chi connectivity index (χ1) is 19.3. The molecule has 3 heterocycles. The highest BCUT2D eigenvalue weighted by Gasteiger charge is 2.44. The molecule has 0 radical (unpaired) electrons. The van der Waals surface area contributed by atoms with Crippen LogP contribution in [-0.4, -0.2) is 70.3 Å². The van der Waals surface area contributed by atoms with Gasteiger partial charge >= 0.3 is 12.2 Å². The van der Waals surface area contributed by atoms with Gasteiger partial charge in [0.25, 0.3) is 5.91 Å². The van der Waals surface area contributed by atoms with Crippen molar-refractivity contribution in [3.63, 3.8) is 0 Å². The standard InChI is InChI=1S/C31H38N4O6/c1-18-17-33(30(39)40)27-14-22(10-13-26(27)34(18)19(2)36)20-6-8-21(9-7-20)28(37)35-24-11-12-25(35)16-23(15-24)32-29(38)41-31(3,4)5/h6-10,13-14,18,23-25H,11-12,15-17H2,1-5H3,(H,32,38)(H,39,40)/t18-,23?,24-,25+/m0/s1. The van der Waals surface area contributed by atoms with Crippen molar-refractivity contribution in [1.29, 1.82) is 0 Å². The van der Waals surface area contributed by atoms with Gasteiger partial charge in [0.05, 0.1) is 17.4 Å². The molecule has 4 amide bonds. The lowest BCUT2D eigenvalue weighted by Crippen LogP contribution is -2.53. The van der Waals surface area contributed by atoms with Crippen molar-refractivity contribution in [2.24, 2.45) is 0 Å². The molecule has 2 aromatic carbocycles. The molecular weight excluding hydrogens is 524 g/mol. The fourth-order valence-corrected chi connectivity index (χ4v) is 6.52. The number of amides is 4. The van der Waals surface area contributed by atoms with Crippen molar-refractivity contribution < 1.29 is 29.0 Å². The van der Waals surface area contributed by atoms with Crippen LogP contribution in [0, 0.1) is 0 Å². The highest BCUT2D eigenvalue weighted by molar-refractivity contribution is 6.03. The van der Waals surface area contributed by atoms with Gasteiger partial charge in [-0.15, -0.1) is 0 Å². The lowest BCUT2D eigenvalue weighted by Gasteiger charge is -2.39. The summed E-state index contributed by atoms with van der Waals surface area (Å²) >= 11 is 0. The summed E-state index contributed by atoms with van der Waals surface area (Å²) in [5, 5.41) is 12.8. The van der Waals surface area contributed by atoms with Crippen LogP contribution >= 0.6 is 0 Å². The Kier molecular flexibility index (Phi) is 7.44. The summed E-state index contributed by atoms with van der Waals surface area (Å²) in [6.45, 7) is 9.00. The van der Waals surface area contributed by atoms with Crippen LogP contribution in [0.2, 0.25) is 0 Å². The molecule has 10 nitrogen and oxygen atoms in total. The van der Waals surface area contributed by atoms with Crippen molar-refractivity contribution in [3.05, 3.63) is 48.0 Å². The minimum absolute atomic E-state index is 0.0200. The van der Waals surface area contributed by atoms with Crippen molar-refractivity contribution in [1.82, 2.24) is 10.2 Å². The van der Waals surface area contributed by atoms with Crippen LogP contribution in [0.15, 0.2) is 42.5 Å². The Labute approximate surface area is 240 Å². The van der Waals surface area contributed by atoms with Crippen LogP contribution in [0.25, 0.3) is 11.1 Å². The Morgan fingerprint density at radius 2 is 1.54 bits per heavy atom. The van der Waals surface area contributed by atoms with E-state index in [1.807, 2.05) is 50.8 Å². The molecule has 0 aliphatic carbocycles. The van der Waals surface area contributed by atoms with E-state index in [0.29, 0.717) is 29.8 Å². The van der Waals surface area contributed by atoms with Gasteiger partial charge in [-0.1, -0.05) is 18.2 Å². The molecule has 2 bridgehead atoms. The number of anilines is 2. The van der Waals surface area contributed by atoms with E-state index >= 15 is 0 Å². The summed E-state index contributed by atoms with van der Waals surface area (Å²) in [7, 11) is 0. The van der Waals surface area contributed by atoms with E-state index in [4.69, 9.17) is 4.74 Å². The first-order valence-corrected chi connectivity index (χ1v) is 14.2. The maximum Gasteiger partial charge on any atom is 0.411 e. The van der Waals surface area contributed by atoms with Gasteiger partial charge in [-0.2, -0.15) is 0 Å². The zero-order chi connectivity index (χ0) is 29.6. The predicted octanol–water partition coefficient (Wildman–Crippen LogP) is 5.25. The normalized spacial score (nSPS) is 23.6. The Balaban J connectivity index is 1.31. The number of hydrogen-bond donors (Lipinski definition) is 2. The van der Waals surface area contributed by atoms with Crippen molar-refractivity contribution in [2.45, 2.75) is 90.1 Å². The number of ether oxygens (including phenoxy) is 1. The van der Waals surface area contributed by atoms with Crippen LogP contribution in [-0.2, 0) is 9.53 Å². The number of carboxylic acid groups (broad SMARTS) is 1. The number of hydrogen-bond acceptors (Lipinski definition) is 5. The average Bonchev–Trinajstić information content (AvgIpc) is 3.16. The molecule has 2 fully saturated rings. The fraction of sp³-hybridized carbons (Fsp3) is 0.484. The monoisotopic (exact) mass is 562 g/mol. The maximum atomic E-state index is 13.6. The fourth-order valence-electron chi connectivity index (χ4n) is 6.52. The number of benzene rings is 2. The molecule has 41 heavy (non-hydrogen) atoms. The third-order valence-corrected chi connectivity index (χ3v) is 8.14. The first-order valence-electron chi connectivity index (χ1n) is 14.2. The molecule has 2 saturated heterocycles. The highest BCUT2D eigenvalue weighted by atomic mass is 16.6. The van der Waals surface area contributed by atoms with Crippen LogP contribution < -0.4 is 15.1 Å². The van der Waals surface area contributed by atoms with Crippen molar-refractivity contribution in [3.8, 4) is 11.1 Å². The second-order valence-corrected chi connectivity index (χ2v) is 12.3. The number of alkyl carbamates (subject to hydrolysis) is 1. The van der Waals surface area contributed by atoms with Crippen LogP contribution in [0.4, 0.5) is 21.0 Å². The number of nitrogens with one attached hydrogen (secondary N) is 1. The van der Waals surface area contributed by atoms with Crippen LogP contribution in [0.1, 0.15) is 70.7 Å². The minimum Gasteiger partial charge on any atom is -0.465 e. The van der Waals surface area contributed by atoms with Gasteiger partial charge in [-0.25, -0.2) is 9.59 Å². The molecule has 3 aliphatic heterocycles. The van der Waals surface area contributed by atoms with Gasteiger partial charge in [0.1, 0.15) is 5.60 Å². The highest BCUT2D eigenvalue weighted by Crippen LogP contribution is 2.40. The van der Waals surface area contributed by atoms with Crippen molar-refractivity contribution >= 4 is 35.4 Å². The zero-order valence-corrected chi connectivity index (χ0v) is 24.2. The molecule has 2 aromatic rings. The summed E-state index contributed by atoms with van der Waals surface area (Å²) in [6, 6.07) is 12.6. The molecule has 5 rings (SSSR count). The third kappa shape index (κ3) is 5.73. The Bertz CT molecular complexity index is 1350. The van der Waals surface area contributed by atoms with E-state index in [2.05, 4.69) is 5.32 Å². The summed E-state index contributed by atoms with van der Waals surface area (Å²) in [4.78, 5) is 55.0. The average molecular weight is 563 g/mol. The van der Waals surface area contributed by atoms with Gasteiger partial charge in [0, 0.05) is 37.2 Å². The number of piperidine rings is 1. The van der Waals surface area contributed by atoms with E-state index in [0.717, 1.165) is 24.0 Å². The topological polar surface area (TPSA) is 119 Å². The molecule has 0 aromatic heterocycles. The number of nitrogens with zero attached hydrogens (tertiary/aromatic N) is 3. The summed E-state index contributed by atoms with van der Waals surface area (Å²) in [6.07, 6.45) is 1.72. The van der Waals surface area contributed by atoms with Gasteiger partial charge in [-0.05, 0) is 88.8 Å². The van der Waals surface area contributed by atoms with Crippen LogP contribution in [0.3, 0.4) is 0 Å². The van der Waals surface area contributed by atoms with Gasteiger partial charge in [0.15, 0.2) is 0 Å². The van der Waals surface area contributed by atoms with E-state index in [9.17, 15) is 24.3 Å². The molecule has 0 saturated carbocycles. The summed E-state index contributed by atoms with van der Waals surface area (Å²) in [5.41, 5.74) is 2.68. The minimum atomic E-state index is -1.07. The quantitative estimate of drug-likeness (QED) is 0.527. The summed E-state index contributed by atoms with van der Waals surface area (Å²) in [5.74, 6) is -0.161. The molecule has 1 unspecified atom stereocenters. The zero-order valence-electron chi connectivity index (χ0n) is 24.2. The maximum absolute atomic E-state index is 13.6. The number of carbonyl (C=O) groups excluding carboxylic acids is 3. The SMILES string of the molecule is CC(=O)N1c2ccc(-c3ccc(C(=O)N4[C@@H]5CC[C@H]4CC(NC(=O)OC(C)(C)C)C5)cc3)cc2N(C(=O)O)C[C@@H]1C. The predicted molar refractivity (Wildman–Crippen MR) is 155 cm³/mol. The summed E-state index contributed by atoms with van der Waals surface area (Å²) < 4.78 is 5.41. The number of fused-ring (bicyclic) bond motifs is 3. The lowest BCUT2D eigenvalue weighted by molar-refractivity contribution is -0.117. The Morgan fingerprint density at radius 3 is 2.10 bits per heavy atom. The molecule has 4 atom stereocenters. The van der Waals surface area contributed by atoms with Gasteiger partial charge in [0.2, 0.25) is 5.91 Å². The second-order valence-electron chi connectivity index (χ2n) is 12.3. The first kappa shape index (κ1) is 28.4. The lowest BCUT2D eigenvalue weighted by atomic mass is 9.95. The molecule has 0 spiro atoms. The molecular formula is C31H38N4O6. The van der Waals surface area contributed by atoms with E-state index in [-0.39, 0.29) is 42.5 Å². The number of carbonyl (C=O) groups is 4. The second kappa shape index (κ2) is 10.7. The number of rotatable bonds is 3. The van der Waals surface area contributed by atoms with E-state index in [1.54, 1.807) is 29.2 Å². The van der Waals surface area contributed by atoms with Gasteiger partial charge < -0.3 is 25.0 Å². The smallest absolute Gasteiger partial charge is 0.411 e. The molecule has 2 N–H and O–H groups in total.